The van der Waals surface area contributed by atoms with Crippen molar-refractivity contribution < 1.29 is 15.1 Å². The molecule has 0 spiro atoms. The molecule has 0 heterocycles. The summed E-state index contributed by atoms with van der Waals surface area (Å²) in [6, 6.07) is 4.29. The highest BCUT2D eigenvalue weighted by atomic mass is 35.5. The van der Waals surface area contributed by atoms with E-state index in [1.54, 1.807) is 0 Å². The summed E-state index contributed by atoms with van der Waals surface area (Å²) < 4.78 is 0. The zero-order chi connectivity index (χ0) is 14.5. The van der Waals surface area contributed by atoms with Gasteiger partial charge in [-0.05, 0) is 18.6 Å². The molecule has 0 aliphatic carbocycles. The van der Waals surface area contributed by atoms with Gasteiger partial charge < -0.3 is 15.5 Å². The SMILES string of the molecule is CCC(CO)(CO)NCc1cc(Cl)ccc1[N+](=O)[O-]. The van der Waals surface area contributed by atoms with Crippen LogP contribution in [-0.4, -0.2) is 33.9 Å². The molecule has 1 aromatic rings. The summed E-state index contributed by atoms with van der Waals surface area (Å²) in [5.74, 6) is 0. The molecule has 0 atom stereocenters. The molecule has 0 saturated carbocycles. The highest BCUT2D eigenvalue weighted by Gasteiger charge is 2.26. The Morgan fingerprint density at radius 2 is 2.05 bits per heavy atom. The molecular formula is C12H17ClN2O4. The van der Waals surface area contributed by atoms with Crippen LogP contribution >= 0.6 is 11.6 Å². The Bertz CT molecular complexity index is 441. The summed E-state index contributed by atoms with van der Waals surface area (Å²) in [6.45, 7) is 1.44. The fourth-order valence-corrected chi connectivity index (χ4v) is 1.86. The van der Waals surface area contributed by atoms with Gasteiger partial charge in [0.2, 0.25) is 0 Å². The lowest BCUT2D eigenvalue weighted by Gasteiger charge is -2.29. The largest absolute Gasteiger partial charge is 0.394 e. The average molecular weight is 289 g/mol. The summed E-state index contributed by atoms with van der Waals surface area (Å²) in [4.78, 5) is 10.4. The smallest absolute Gasteiger partial charge is 0.273 e. The van der Waals surface area contributed by atoms with Gasteiger partial charge in [0.05, 0.1) is 23.7 Å². The van der Waals surface area contributed by atoms with Gasteiger partial charge in [0.1, 0.15) is 0 Å². The molecule has 0 aromatic heterocycles. The Labute approximate surface area is 116 Å². The van der Waals surface area contributed by atoms with Gasteiger partial charge in [-0.15, -0.1) is 0 Å². The van der Waals surface area contributed by atoms with E-state index in [0.29, 0.717) is 17.0 Å². The molecule has 0 bridgehead atoms. The van der Waals surface area contributed by atoms with E-state index in [2.05, 4.69) is 5.32 Å². The van der Waals surface area contributed by atoms with Crippen molar-refractivity contribution in [2.45, 2.75) is 25.4 Å². The maximum Gasteiger partial charge on any atom is 0.273 e. The molecule has 106 valence electrons. The lowest BCUT2D eigenvalue weighted by molar-refractivity contribution is -0.385. The third kappa shape index (κ3) is 3.87. The van der Waals surface area contributed by atoms with Crippen LogP contribution < -0.4 is 5.32 Å². The molecule has 1 aromatic carbocycles. The number of hydrogen-bond acceptors (Lipinski definition) is 5. The van der Waals surface area contributed by atoms with Crippen molar-refractivity contribution in [3.8, 4) is 0 Å². The maximum atomic E-state index is 10.9. The van der Waals surface area contributed by atoms with Crippen LogP contribution in [0.5, 0.6) is 0 Å². The van der Waals surface area contributed by atoms with Gasteiger partial charge in [0.15, 0.2) is 0 Å². The molecule has 0 radical (unpaired) electrons. The molecule has 0 saturated heterocycles. The molecular weight excluding hydrogens is 272 g/mol. The first kappa shape index (κ1) is 15.8. The van der Waals surface area contributed by atoms with E-state index in [-0.39, 0.29) is 25.4 Å². The lowest BCUT2D eigenvalue weighted by Crippen LogP contribution is -2.50. The zero-order valence-electron chi connectivity index (χ0n) is 10.6. The number of halogens is 1. The molecule has 0 aliphatic heterocycles. The normalized spacial score (nSPS) is 11.6. The van der Waals surface area contributed by atoms with E-state index in [1.165, 1.54) is 18.2 Å². The number of nitrogens with one attached hydrogen (secondary N) is 1. The second-order valence-corrected chi connectivity index (χ2v) is 4.77. The number of benzene rings is 1. The van der Waals surface area contributed by atoms with Crippen molar-refractivity contribution in [3.05, 3.63) is 38.9 Å². The Balaban J connectivity index is 2.93. The molecule has 0 amide bonds. The Kier molecular flexibility index (Phi) is 5.68. The summed E-state index contributed by atoms with van der Waals surface area (Å²) in [6.07, 6.45) is 0.494. The molecule has 6 nitrogen and oxygen atoms in total. The second kappa shape index (κ2) is 6.81. The van der Waals surface area contributed by atoms with E-state index < -0.39 is 10.5 Å². The minimum absolute atomic E-state index is 0.0437. The zero-order valence-corrected chi connectivity index (χ0v) is 11.4. The number of aliphatic hydroxyl groups is 2. The standard InChI is InChI=1S/C12H17ClN2O4/c1-2-12(7-16,8-17)14-6-9-5-10(13)3-4-11(9)15(18)19/h3-5,14,16-17H,2,6-8H2,1H3. The summed E-state index contributed by atoms with van der Waals surface area (Å²) in [5, 5.41) is 32.9. The lowest BCUT2D eigenvalue weighted by atomic mass is 9.98. The van der Waals surface area contributed by atoms with Crippen LogP contribution in [0, 0.1) is 10.1 Å². The third-order valence-electron chi connectivity index (χ3n) is 3.17. The molecule has 3 N–H and O–H groups in total. The Hall–Kier alpha value is -1.21. The van der Waals surface area contributed by atoms with Crippen LogP contribution in [0.2, 0.25) is 5.02 Å². The average Bonchev–Trinajstić information content (AvgIpc) is 2.40. The van der Waals surface area contributed by atoms with E-state index >= 15 is 0 Å². The van der Waals surface area contributed by atoms with Crippen LogP contribution in [0.3, 0.4) is 0 Å². The number of rotatable bonds is 7. The predicted molar refractivity (Wildman–Crippen MR) is 72.1 cm³/mol. The van der Waals surface area contributed by atoms with Crippen molar-refractivity contribution >= 4 is 17.3 Å². The van der Waals surface area contributed by atoms with E-state index in [4.69, 9.17) is 11.6 Å². The molecule has 0 aliphatic rings. The van der Waals surface area contributed by atoms with Gasteiger partial charge >= 0.3 is 0 Å². The second-order valence-electron chi connectivity index (χ2n) is 4.33. The van der Waals surface area contributed by atoms with Crippen LogP contribution in [0.15, 0.2) is 18.2 Å². The van der Waals surface area contributed by atoms with Crippen LogP contribution in [0.1, 0.15) is 18.9 Å². The van der Waals surface area contributed by atoms with Gasteiger partial charge in [0.25, 0.3) is 5.69 Å². The van der Waals surface area contributed by atoms with Crippen molar-refractivity contribution in [3.63, 3.8) is 0 Å². The number of aliphatic hydroxyl groups excluding tert-OH is 2. The van der Waals surface area contributed by atoms with E-state index in [1.807, 2.05) is 6.92 Å². The first-order valence-electron chi connectivity index (χ1n) is 5.87. The first-order chi connectivity index (χ1) is 8.98. The van der Waals surface area contributed by atoms with Crippen molar-refractivity contribution in [2.75, 3.05) is 13.2 Å². The van der Waals surface area contributed by atoms with Crippen LogP contribution in [0.4, 0.5) is 5.69 Å². The molecule has 1 rings (SSSR count). The van der Waals surface area contributed by atoms with Crippen LogP contribution in [-0.2, 0) is 6.54 Å². The Morgan fingerprint density at radius 1 is 1.42 bits per heavy atom. The molecule has 7 heteroatoms. The fourth-order valence-electron chi connectivity index (χ4n) is 1.67. The highest BCUT2D eigenvalue weighted by molar-refractivity contribution is 6.30. The summed E-state index contributed by atoms with van der Waals surface area (Å²) in [5.41, 5.74) is -0.481. The van der Waals surface area contributed by atoms with Gasteiger partial charge in [-0.3, -0.25) is 10.1 Å². The van der Waals surface area contributed by atoms with Gasteiger partial charge in [-0.2, -0.15) is 0 Å². The third-order valence-corrected chi connectivity index (χ3v) is 3.41. The highest BCUT2D eigenvalue weighted by Crippen LogP contribution is 2.23. The molecule has 19 heavy (non-hydrogen) atoms. The summed E-state index contributed by atoms with van der Waals surface area (Å²) >= 11 is 5.82. The van der Waals surface area contributed by atoms with Gasteiger partial charge in [-0.25, -0.2) is 0 Å². The minimum atomic E-state index is -0.851. The summed E-state index contributed by atoms with van der Waals surface area (Å²) in [7, 11) is 0. The fraction of sp³-hybridized carbons (Fsp3) is 0.500. The Morgan fingerprint density at radius 3 is 2.53 bits per heavy atom. The van der Waals surface area contributed by atoms with Crippen LogP contribution in [0.25, 0.3) is 0 Å². The van der Waals surface area contributed by atoms with Crippen molar-refractivity contribution in [1.29, 1.82) is 0 Å². The molecule has 0 unspecified atom stereocenters. The monoisotopic (exact) mass is 288 g/mol. The van der Waals surface area contributed by atoms with E-state index in [0.717, 1.165) is 0 Å². The number of nitrogens with zero attached hydrogens (tertiary/aromatic N) is 1. The first-order valence-corrected chi connectivity index (χ1v) is 6.25. The molecule has 0 fully saturated rings. The maximum absolute atomic E-state index is 10.9. The quantitative estimate of drug-likeness (QED) is 0.521. The minimum Gasteiger partial charge on any atom is -0.394 e. The van der Waals surface area contributed by atoms with Crippen molar-refractivity contribution in [1.82, 2.24) is 5.32 Å². The number of nitro groups is 1. The predicted octanol–water partition coefficient (Wildman–Crippen LogP) is 1.47. The topological polar surface area (TPSA) is 95.6 Å². The van der Waals surface area contributed by atoms with Crippen molar-refractivity contribution in [2.24, 2.45) is 0 Å². The van der Waals surface area contributed by atoms with Gasteiger partial charge in [0, 0.05) is 23.2 Å². The number of nitro benzene ring substituents is 1. The van der Waals surface area contributed by atoms with Gasteiger partial charge in [-0.1, -0.05) is 18.5 Å². The number of hydrogen-bond donors (Lipinski definition) is 3. The van der Waals surface area contributed by atoms with E-state index in [9.17, 15) is 20.3 Å².